The number of nitrogens with zero attached hydrogens (tertiary/aromatic N) is 3. The van der Waals surface area contributed by atoms with Gasteiger partial charge < -0.3 is 5.11 Å². The lowest BCUT2D eigenvalue weighted by molar-refractivity contribution is -0.148. The lowest BCUT2D eigenvalue weighted by atomic mass is 10.3. The van der Waals surface area contributed by atoms with E-state index in [1.54, 1.807) is 6.92 Å². The standard InChI is InChI=1S/C10H8F3N3O2/c1-5-2-6-8(14-3-5)16(4-7(17)18)9(15-6)10(11,12)13/h2-3H,4H2,1H3,(H,17,18). The number of aromatic nitrogens is 3. The SMILES string of the molecule is Cc1cnc2c(c1)nc(C(F)(F)F)n2CC(=O)O. The topological polar surface area (TPSA) is 68.0 Å². The average Bonchev–Trinajstić information content (AvgIpc) is 2.55. The Balaban J connectivity index is 2.72. The molecule has 5 nitrogen and oxygen atoms in total. The smallest absolute Gasteiger partial charge is 0.449 e. The number of rotatable bonds is 2. The summed E-state index contributed by atoms with van der Waals surface area (Å²) in [6.45, 7) is 0.831. The molecular weight excluding hydrogens is 251 g/mol. The molecular formula is C10H8F3N3O2. The zero-order chi connectivity index (χ0) is 13.5. The van der Waals surface area contributed by atoms with Crippen LogP contribution in [-0.2, 0) is 17.5 Å². The van der Waals surface area contributed by atoms with Gasteiger partial charge in [0.2, 0.25) is 5.82 Å². The van der Waals surface area contributed by atoms with Crippen LogP contribution in [0.15, 0.2) is 12.3 Å². The number of hydrogen-bond donors (Lipinski definition) is 1. The van der Waals surface area contributed by atoms with Gasteiger partial charge in [-0.1, -0.05) is 0 Å². The molecule has 1 N–H and O–H groups in total. The third kappa shape index (κ3) is 2.13. The summed E-state index contributed by atoms with van der Waals surface area (Å²) in [5.41, 5.74) is 0.593. The Bertz CT molecular complexity index is 619. The van der Waals surface area contributed by atoms with Crippen LogP contribution in [0.2, 0.25) is 0 Å². The fraction of sp³-hybridized carbons (Fsp3) is 0.300. The highest BCUT2D eigenvalue weighted by Crippen LogP contribution is 2.30. The number of aliphatic carboxylic acids is 1. The maximum atomic E-state index is 12.7. The van der Waals surface area contributed by atoms with Gasteiger partial charge in [0.25, 0.3) is 0 Å². The van der Waals surface area contributed by atoms with E-state index >= 15 is 0 Å². The first-order chi connectivity index (χ1) is 8.29. The maximum Gasteiger partial charge on any atom is 0.449 e. The molecule has 0 fully saturated rings. The van der Waals surface area contributed by atoms with Crippen LogP contribution in [0.3, 0.4) is 0 Å². The minimum atomic E-state index is -4.72. The van der Waals surface area contributed by atoms with Gasteiger partial charge in [-0.25, -0.2) is 9.97 Å². The molecule has 0 aliphatic rings. The van der Waals surface area contributed by atoms with E-state index in [0.717, 1.165) is 0 Å². The zero-order valence-corrected chi connectivity index (χ0v) is 9.19. The summed E-state index contributed by atoms with van der Waals surface area (Å²) >= 11 is 0. The summed E-state index contributed by atoms with van der Waals surface area (Å²) in [6.07, 6.45) is -3.35. The van der Waals surface area contributed by atoms with Gasteiger partial charge in [-0.2, -0.15) is 13.2 Å². The van der Waals surface area contributed by atoms with E-state index in [2.05, 4.69) is 9.97 Å². The number of aryl methyl sites for hydroxylation is 1. The zero-order valence-electron chi connectivity index (χ0n) is 9.19. The van der Waals surface area contributed by atoms with Crippen LogP contribution in [0.5, 0.6) is 0 Å². The summed E-state index contributed by atoms with van der Waals surface area (Å²) in [7, 11) is 0. The second-order valence-electron chi connectivity index (χ2n) is 3.77. The van der Waals surface area contributed by atoms with Gasteiger partial charge in [-0.15, -0.1) is 0 Å². The largest absolute Gasteiger partial charge is 0.480 e. The number of halogens is 3. The fourth-order valence-electron chi connectivity index (χ4n) is 1.61. The lowest BCUT2D eigenvalue weighted by Gasteiger charge is -2.08. The molecule has 96 valence electrons. The second-order valence-corrected chi connectivity index (χ2v) is 3.77. The summed E-state index contributed by atoms with van der Waals surface area (Å²) in [5.74, 6) is -2.64. The van der Waals surface area contributed by atoms with Gasteiger partial charge >= 0.3 is 12.1 Å². The van der Waals surface area contributed by atoms with Crippen molar-refractivity contribution in [1.82, 2.24) is 14.5 Å². The number of pyridine rings is 1. The van der Waals surface area contributed by atoms with Crippen LogP contribution in [0.25, 0.3) is 11.2 Å². The van der Waals surface area contributed by atoms with Crippen LogP contribution >= 0.6 is 0 Å². The van der Waals surface area contributed by atoms with Crippen LogP contribution < -0.4 is 0 Å². The van der Waals surface area contributed by atoms with E-state index in [4.69, 9.17) is 5.11 Å². The van der Waals surface area contributed by atoms with Gasteiger partial charge in [0.1, 0.15) is 12.1 Å². The maximum absolute atomic E-state index is 12.7. The van der Waals surface area contributed by atoms with Crippen LogP contribution in [-0.4, -0.2) is 25.6 Å². The first-order valence-corrected chi connectivity index (χ1v) is 4.91. The molecule has 2 rings (SSSR count). The third-order valence-electron chi connectivity index (χ3n) is 2.27. The highest BCUT2D eigenvalue weighted by molar-refractivity contribution is 5.75. The lowest BCUT2D eigenvalue weighted by Crippen LogP contribution is -2.19. The van der Waals surface area contributed by atoms with E-state index in [1.165, 1.54) is 12.3 Å². The number of hydrogen-bond acceptors (Lipinski definition) is 3. The fourth-order valence-corrected chi connectivity index (χ4v) is 1.61. The molecule has 2 aromatic heterocycles. The van der Waals surface area contributed by atoms with Crippen LogP contribution in [0.1, 0.15) is 11.4 Å². The predicted molar refractivity (Wildman–Crippen MR) is 54.9 cm³/mol. The van der Waals surface area contributed by atoms with Crippen molar-refractivity contribution in [3.63, 3.8) is 0 Å². The van der Waals surface area contributed by atoms with Crippen molar-refractivity contribution in [2.24, 2.45) is 0 Å². The van der Waals surface area contributed by atoms with Gasteiger partial charge in [0.05, 0.1) is 0 Å². The summed E-state index contributed by atoms with van der Waals surface area (Å²) in [4.78, 5) is 17.8. The van der Waals surface area contributed by atoms with Crippen molar-refractivity contribution in [1.29, 1.82) is 0 Å². The van der Waals surface area contributed by atoms with Crippen molar-refractivity contribution >= 4 is 17.1 Å². The molecule has 0 aliphatic carbocycles. The number of imidazole rings is 1. The van der Waals surface area contributed by atoms with Gasteiger partial charge in [0, 0.05) is 6.20 Å². The highest BCUT2D eigenvalue weighted by Gasteiger charge is 2.38. The number of carboxylic acid groups (broad SMARTS) is 1. The van der Waals surface area contributed by atoms with E-state index in [0.29, 0.717) is 10.1 Å². The molecule has 2 heterocycles. The van der Waals surface area contributed by atoms with Gasteiger partial charge in [-0.05, 0) is 18.6 Å². The number of alkyl halides is 3. The Labute approximate surface area is 98.9 Å². The molecule has 0 saturated heterocycles. The molecule has 0 radical (unpaired) electrons. The Kier molecular flexibility index (Phi) is 2.72. The summed E-state index contributed by atoms with van der Waals surface area (Å²) in [5, 5.41) is 8.65. The van der Waals surface area contributed by atoms with Crippen molar-refractivity contribution in [2.75, 3.05) is 0 Å². The Hall–Kier alpha value is -2.12. The Morgan fingerprint density at radius 2 is 2.17 bits per heavy atom. The van der Waals surface area contributed by atoms with E-state index in [-0.39, 0.29) is 11.2 Å². The Morgan fingerprint density at radius 3 is 2.72 bits per heavy atom. The predicted octanol–water partition coefficient (Wildman–Crippen LogP) is 1.84. The summed E-state index contributed by atoms with van der Waals surface area (Å²) in [6, 6.07) is 1.43. The first-order valence-electron chi connectivity index (χ1n) is 4.91. The van der Waals surface area contributed by atoms with Crippen molar-refractivity contribution in [3.05, 3.63) is 23.7 Å². The molecule has 0 unspecified atom stereocenters. The summed E-state index contributed by atoms with van der Waals surface area (Å²) < 4.78 is 38.8. The minimum Gasteiger partial charge on any atom is -0.480 e. The van der Waals surface area contributed by atoms with E-state index in [9.17, 15) is 18.0 Å². The number of fused-ring (bicyclic) bond motifs is 1. The van der Waals surface area contributed by atoms with Gasteiger partial charge in [-0.3, -0.25) is 9.36 Å². The third-order valence-corrected chi connectivity index (χ3v) is 2.27. The van der Waals surface area contributed by atoms with Crippen molar-refractivity contribution in [3.8, 4) is 0 Å². The Morgan fingerprint density at radius 1 is 1.50 bits per heavy atom. The molecule has 0 saturated carbocycles. The highest BCUT2D eigenvalue weighted by atomic mass is 19.4. The average molecular weight is 259 g/mol. The number of carboxylic acids is 1. The number of carbonyl (C=O) groups is 1. The molecule has 0 aliphatic heterocycles. The molecule has 0 atom stereocenters. The molecule has 18 heavy (non-hydrogen) atoms. The molecule has 0 bridgehead atoms. The van der Waals surface area contributed by atoms with E-state index < -0.39 is 24.5 Å². The van der Waals surface area contributed by atoms with E-state index in [1.807, 2.05) is 0 Å². The molecule has 0 amide bonds. The monoisotopic (exact) mass is 259 g/mol. The van der Waals surface area contributed by atoms with Gasteiger partial charge in [0.15, 0.2) is 5.65 Å². The van der Waals surface area contributed by atoms with Crippen molar-refractivity contribution in [2.45, 2.75) is 19.6 Å². The normalized spacial score (nSPS) is 12.0. The van der Waals surface area contributed by atoms with Crippen molar-refractivity contribution < 1.29 is 23.1 Å². The molecule has 0 aromatic carbocycles. The molecule has 8 heteroatoms. The van der Waals surface area contributed by atoms with Crippen LogP contribution in [0, 0.1) is 6.92 Å². The van der Waals surface area contributed by atoms with Crippen LogP contribution in [0.4, 0.5) is 13.2 Å². The first kappa shape index (κ1) is 12.3. The second kappa shape index (κ2) is 3.97. The quantitative estimate of drug-likeness (QED) is 0.893. The molecule has 2 aromatic rings. The minimum absolute atomic E-state index is 0.0311. The molecule has 0 spiro atoms.